The van der Waals surface area contributed by atoms with E-state index in [-0.39, 0.29) is 30.2 Å². The maximum absolute atomic E-state index is 13.6. The number of carbonyl (C=O) groups is 1. The molecule has 0 radical (unpaired) electrons. The normalized spacial score (nSPS) is 17.1. The molecule has 1 fully saturated rings. The molecule has 2 heterocycles. The molecular weight excluding hydrogens is 371 g/mol. The summed E-state index contributed by atoms with van der Waals surface area (Å²) >= 11 is 1.67. The van der Waals surface area contributed by atoms with Gasteiger partial charge in [-0.05, 0) is 40.1 Å². The molecule has 1 atom stereocenters. The zero-order valence-corrected chi connectivity index (χ0v) is 15.8. The molecule has 1 amide bonds. The lowest BCUT2D eigenvalue weighted by Gasteiger charge is -2.36. The van der Waals surface area contributed by atoms with Gasteiger partial charge in [-0.2, -0.15) is 0 Å². The standard InChI is InChI=1S/C20H19FN2OS.ClH/c21-16-5-3-4-14(10-16)18-12-22-8-9-23(18)20(24)11-15-13-25-19-7-2-1-6-17(15)19;/h1-7,10,13,18,22H,8-9,11-12H2;1H. The van der Waals surface area contributed by atoms with Crippen LogP contribution in [0.5, 0.6) is 0 Å². The summed E-state index contributed by atoms with van der Waals surface area (Å²) in [6.45, 7) is 2.06. The first-order valence-corrected chi connectivity index (χ1v) is 9.31. The van der Waals surface area contributed by atoms with Crippen LogP contribution in [0.1, 0.15) is 17.2 Å². The number of hydrogen-bond donors (Lipinski definition) is 1. The van der Waals surface area contributed by atoms with Crippen molar-refractivity contribution in [3.05, 3.63) is 70.9 Å². The van der Waals surface area contributed by atoms with E-state index in [0.29, 0.717) is 19.5 Å². The van der Waals surface area contributed by atoms with Crippen molar-refractivity contribution in [2.75, 3.05) is 19.6 Å². The van der Waals surface area contributed by atoms with Gasteiger partial charge >= 0.3 is 0 Å². The van der Waals surface area contributed by atoms with Crippen molar-refractivity contribution in [3.8, 4) is 0 Å². The molecule has 3 aromatic rings. The van der Waals surface area contributed by atoms with Crippen LogP contribution in [0.15, 0.2) is 53.9 Å². The molecule has 1 aromatic heterocycles. The molecule has 1 N–H and O–H groups in total. The van der Waals surface area contributed by atoms with Gasteiger partial charge in [0.25, 0.3) is 0 Å². The SMILES string of the molecule is Cl.O=C(Cc1csc2ccccc12)N1CCNCC1c1cccc(F)c1. The average Bonchev–Trinajstić information content (AvgIpc) is 3.05. The van der Waals surface area contributed by atoms with Crippen molar-refractivity contribution in [3.63, 3.8) is 0 Å². The van der Waals surface area contributed by atoms with Crippen LogP contribution in [0.2, 0.25) is 0 Å². The van der Waals surface area contributed by atoms with Crippen molar-refractivity contribution in [1.29, 1.82) is 0 Å². The molecule has 3 nitrogen and oxygen atoms in total. The number of amides is 1. The maximum Gasteiger partial charge on any atom is 0.227 e. The molecule has 26 heavy (non-hydrogen) atoms. The number of thiophene rings is 1. The number of rotatable bonds is 3. The van der Waals surface area contributed by atoms with Crippen LogP contribution in [0.3, 0.4) is 0 Å². The highest BCUT2D eigenvalue weighted by molar-refractivity contribution is 7.17. The van der Waals surface area contributed by atoms with Crippen LogP contribution in [-0.4, -0.2) is 30.4 Å². The van der Waals surface area contributed by atoms with Crippen molar-refractivity contribution in [2.45, 2.75) is 12.5 Å². The van der Waals surface area contributed by atoms with Crippen LogP contribution in [0.4, 0.5) is 4.39 Å². The monoisotopic (exact) mass is 390 g/mol. The van der Waals surface area contributed by atoms with Gasteiger partial charge in [0.2, 0.25) is 5.91 Å². The zero-order chi connectivity index (χ0) is 17.2. The lowest BCUT2D eigenvalue weighted by molar-refractivity contribution is -0.133. The first kappa shape index (κ1) is 18.8. The minimum Gasteiger partial charge on any atom is -0.333 e. The molecule has 0 aliphatic carbocycles. The van der Waals surface area contributed by atoms with Crippen LogP contribution in [0, 0.1) is 5.82 Å². The molecule has 0 spiro atoms. The number of fused-ring (bicyclic) bond motifs is 1. The van der Waals surface area contributed by atoms with Crippen LogP contribution < -0.4 is 5.32 Å². The lowest BCUT2D eigenvalue weighted by Crippen LogP contribution is -2.49. The van der Waals surface area contributed by atoms with Gasteiger partial charge in [-0.1, -0.05) is 30.3 Å². The second-order valence-electron chi connectivity index (χ2n) is 6.30. The third kappa shape index (κ3) is 3.75. The zero-order valence-electron chi connectivity index (χ0n) is 14.2. The Morgan fingerprint density at radius 3 is 2.92 bits per heavy atom. The van der Waals surface area contributed by atoms with Gasteiger partial charge in [0.1, 0.15) is 5.82 Å². The van der Waals surface area contributed by atoms with Gasteiger partial charge < -0.3 is 10.2 Å². The third-order valence-corrected chi connectivity index (χ3v) is 5.71. The molecule has 1 aliphatic rings. The number of piperazine rings is 1. The van der Waals surface area contributed by atoms with Gasteiger partial charge in [-0.3, -0.25) is 4.79 Å². The maximum atomic E-state index is 13.6. The summed E-state index contributed by atoms with van der Waals surface area (Å²) in [5, 5.41) is 6.53. The second kappa shape index (κ2) is 8.16. The predicted octanol–water partition coefficient (Wildman–Crippen LogP) is 4.18. The molecule has 0 saturated carbocycles. The molecule has 0 bridgehead atoms. The van der Waals surface area contributed by atoms with E-state index in [4.69, 9.17) is 0 Å². The summed E-state index contributed by atoms with van der Waals surface area (Å²) in [5.41, 5.74) is 1.91. The van der Waals surface area contributed by atoms with Crippen molar-refractivity contribution in [1.82, 2.24) is 10.2 Å². The van der Waals surface area contributed by atoms with Crippen molar-refractivity contribution < 1.29 is 9.18 Å². The van der Waals surface area contributed by atoms with Gasteiger partial charge in [0.15, 0.2) is 0 Å². The fraction of sp³-hybridized carbons (Fsp3) is 0.250. The van der Waals surface area contributed by atoms with E-state index >= 15 is 0 Å². The Morgan fingerprint density at radius 1 is 1.23 bits per heavy atom. The highest BCUT2D eigenvalue weighted by atomic mass is 35.5. The van der Waals surface area contributed by atoms with Crippen LogP contribution >= 0.6 is 23.7 Å². The van der Waals surface area contributed by atoms with E-state index in [2.05, 4.69) is 22.8 Å². The van der Waals surface area contributed by atoms with Crippen LogP contribution in [-0.2, 0) is 11.2 Å². The Labute approximate surface area is 162 Å². The number of hydrogen-bond acceptors (Lipinski definition) is 3. The predicted molar refractivity (Wildman–Crippen MR) is 107 cm³/mol. The largest absolute Gasteiger partial charge is 0.333 e. The summed E-state index contributed by atoms with van der Waals surface area (Å²) < 4.78 is 14.8. The molecule has 1 unspecified atom stereocenters. The minimum atomic E-state index is -0.265. The van der Waals surface area contributed by atoms with Gasteiger partial charge in [-0.15, -0.1) is 23.7 Å². The van der Waals surface area contributed by atoms with Crippen molar-refractivity contribution >= 4 is 39.7 Å². The Kier molecular flexibility index (Phi) is 5.91. The van der Waals surface area contributed by atoms with E-state index in [0.717, 1.165) is 23.1 Å². The first-order valence-electron chi connectivity index (χ1n) is 8.43. The molecule has 4 rings (SSSR count). The fourth-order valence-electron chi connectivity index (χ4n) is 3.45. The number of halogens is 2. The second-order valence-corrected chi connectivity index (χ2v) is 7.21. The van der Waals surface area contributed by atoms with Gasteiger partial charge in [0.05, 0.1) is 12.5 Å². The van der Waals surface area contributed by atoms with E-state index in [1.54, 1.807) is 17.4 Å². The summed E-state index contributed by atoms with van der Waals surface area (Å²) in [6, 6.07) is 14.6. The molecular formula is C20H20ClFN2OS. The number of nitrogens with one attached hydrogen (secondary N) is 1. The smallest absolute Gasteiger partial charge is 0.227 e. The Hall–Kier alpha value is -1.95. The Bertz CT molecular complexity index is 913. The number of nitrogens with zero attached hydrogens (tertiary/aromatic N) is 1. The summed E-state index contributed by atoms with van der Waals surface area (Å²) in [6.07, 6.45) is 0.385. The summed E-state index contributed by atoms with van der Waals surface area (Å²) in [5.74, 6) is -0.168. The van der Waals surface area contributed by atoms with Crippen molar-refractivity contribution in [2.24, 2.45) is 0 Å². The van der Waals surface area contributed by atoms with E-state index < -0.39 is 0 Å². The Balaban J connectivity index is 0.00000196. The van der Waals surface area contributed by atoms with Gasteiger partial charge in [0, 0.05) is 24.3 Å². The third-order valence-electron chi connectivity index (χ3n) is 4.70. The molecule has 136 valence electrons. The first-order chi connectivity index (χ1) is 12.2. The quantitative estimate of drug-likeness (QED) is 0.727. The van der Waals surface area contributed by atoms with E-state index in [1.807, 2.05) is 23.1 Å². The highest BCUT2D eigenvalue weighted by Gasteiger charge is 2.28. The van der Waals surface area contributed by atoms with Crippen LogP contribution in [0.25, 0.3) is 10.1 Å². The molecule has 1 saturated heterocycles. The molecule has 1 aliphatic heterocycles. The average molecular weight is 391 g/mol. The van der Waals surface area contributed by atoms with E-state index in [1.165, 1.54) is 16.8 Å². The topological polar surface area (TPSA) is 32.3 Å². The lowest BCUT2D eigenvalue weighted by atomic mass is 10.0. The summed E-state index contributed by atoms with van der Waals surface area (Å²) in [7, 11) is 0. The van der Waals surface area contributed by atoms with E-state index in [9.17, 15) is 9.18 Å². The molecule has 6 heteroatoms. The fourth-order valence-corrected chi connectivity index (χ4v) is 4.41. The summed E-state index contributed by atoms with van der Waals surface area (Å²) in [4.78, 5) is 14.9. The Morgan fingerprint density at radius 2 is 2.08 bits per heavy atom. The minimum absolute atomic E-state index is 0. The number of benzene rings is 2. The highest BCUT2D eigenvalue weighted by Crippen LogP contribution is 2.28. The van der Waals surface area contributed by atoms with Gasteiger partial charge in [-0.25, -0.2) is 4.39 Å². The number of carbonyl (C=O) groups excluding carboxylic acids is 1. The molecule has 2 aromatic carbocycles.